The van der Waals surface area contributed by atoms with Crippen LogP contribution in [0, 0.1) is 5.82 Å². The molecule has 0 bridgehead atoms. The Bertz CT molecular complexity index is 1000. The van der Waals surface area contributed by atoms with E-state index in [-0.39, 0.29) is 23.4 Å². The summed E-state index contributed by atoms with van der Waals surface area (Å²) < 4.78 is 19.4. The Morgan fingerprint density at radius 1 is 1.10 bits per heavy atom. The summed E-state index contributed by atoms with van der Waals surface area (Å²) in [6, 6.07) is 11.2. The van der Waals surface area contributed by atoms with Gasteiger partial charge in [-0.3, -0.25) is 19.5 Å². The smallest absolute Gasteiger partial charge is 0.294 e. The van der Waals surface area contributed by atoms with Crippen molar-refractivity contribution in [2.24, 2.45) is 0 Å². The second kappa shape index (κ2) is 8.90. The van der Waals surface area contributed by atoms with E-state index in [2.05, 4.69) is 10.3 Å². The summed E-state index contributed by atoms with van der Waals surface area (Å²) in [7, 11) is 0. The first kappa shape index (κ1) is 19.8. The number of aromatic nitrogens is 1. The lowest BCUT2D eigenvalue weighted by atomic mass is 10.0. The third-order valence-corrected chi connectivity index (χ3v) is 5.27. The predicted octanol–water partition coefficient (Wildman–Crippen LogP) is 4.26. The number of rotatable bonds is 6. The fourth-order valence-electron chi connectivity index (χ4n) is 3.84. The van der Waals surface area contributed by atoms with E-state index in [1.54, 1.807) is 36.7 Å². The number of furan rings is 1. The Morgan fingerprint density at radius 3 is 2.53 bits per heavy atom. The first-order valence-corrected chi connectivity index (χ1v) is 9.96. The van der Waals surface area contributed by atoms with Crippen LogP contribution >= 0.6 is 0 Å². The topological polar surface area (TPSA) is 75.4 Å². The molecule has 3 aromatic rings. The minimum absolute atomic E-state index is 0.0620. The Hall–Kier alpha value is -3.48. The molecule has 1 aliphatic carbocycles. The number of benzene rings is 1. The summed E-state index contributed by atoms with van der Waals surface area (Å²) in [4.78, 5) is 32.1. The number of nitrogens with zero attached hydrogens (tertiary/aromatic N) is 2. The minimum atomic E-state index is -1.01. The van der Waals surface area contributed by atoms with E-state index >= 15 is 0 Å². The molecule has 2 heterocycles. The van der Waals surface area contributed by atoms with Crippen molar-refractivity contribution < 1.29 is 18.4 Å². The Labute approximate surface area is 173 Å². The number of amides is 2. The number of carbonyl (C=O) groups excluding carboxylic acids is 2. The molecule has 0 spiro atoms. The zero-order valence-electron chi connectivity index (χ0n) is 16.3. The van der Waals surface area contributed by atoms with E-state index in [9.17, 15) is 14.0 Å². The predicted molar refractivity (Wildman–Crippen MR) is 109 cm³/mol. The van der Waals surface area contributed by atoms with Gasteiger partial charge in [0.25, 0.3) is 5.91 Å². The van der Waals surface area contributed by atoms with E-state index in [1.165, 1.54) is 35.4 Å². The number of pyridine rings is 1. The lowest BCUT2D eigenvalue weighted by molar-refractivity contribution is -0.123. The average Bonchev–Trinajstić information content (AvgIpc) is 3.46. The molecule has 4 rings (SSSR count). The van der Waals surface area contributed by atoms with E-state index in [1.807, 2.05) is 0 Å². The van der Waals surface area contributed by atoms with E-state index < -0.39 is 17.8 Å². The molecule has 0 radical (unpaired) electrons. The highest BCUT2D eigenvalue weighted by Crippen LogP contribution is 2.31. The molecule has 1 N–H and O–H groups in total. The molecular weight excluding hydrogens is 385 g/mol. The van der Waals surface area contributed by atoms with Crippen molar-refractivity contribution in [1.29, 1.82) is 0 Å². The van der Waals surface area contributed by atoms with Crippen molar-refractivity contribution in [2.45, 2.75) is 37.8 Å². The SMILES string of the molecule is O=C(NC1CCCC1)[C@@H](c1ccncc1)N(C(=O)c1ccco1)c1cccc(F)c1. The van der Waals surface area contributed by atoms with Gasteiger partial charge >= 0.3 is 0 Å². The van der Waals surface area contributed by atoms with Crippen molar-refractivity contribution in [3.05, 3.63) is 84.3 Å². The third-order valence-electron chi connectivity index (χ3n) is 5.27. The molecule has 1 aliphatic rings. The van der Waals surface area contributed by atoms with Gasteiger partial charge in [0.15, 0.2) is 5.76 Å². The molecule has 1 fully saturated rings. The van der Waals surface area contributed by atoms with Crippen molar-refractivity contribution in [2.75, 3.05) is 4.90 Å². The van der Waals surface area contributed by atoms with Gasteiger partial charge in [-0.1, -0.05) is 18.9 Å². The molecule has 154 valence electrons. The second-order valence-electron chi connectivity index (χ2n) is 7.31. The van der Waals surface area contributed by atoms with Crippen molar-refractivity contribution in [3.8, 4) is 0 Å². The molecule has 7 heteroatoms. The summed E-state index contributed by atoms with van der Waals surface area (Å²) in [6.45, 7) is 0. The van der Waals surface area contributed by atoms with E-state index in [0.29, 0.717) is 5.56 Å². The molecular formula is C23H22FN3O3. The van der Waals surface area contributed by atoms with E-state index in [4.69, 9.17) is 4.42 Å². The van der Waals surface area contributed by atoms with Crippen LogP contribution in [0.1, 0.15) is 47.8 Å². The highest BCUT2D eigenvalue weighted by Gasteiger charge is 2.35. The number of hydrogen-bond donors (Lipinski definition) is 1. The van der Waals surface area contributed by atoms with Crippen LogP contribution in [0.5, 0.6) is 0 Å². The van der Waals surface area contributed by atoms with Gasteiger partial charge < -0.3 is 9.73 Å². The van der Waals surface area contributed by atoms with Gasteiger partial charge in [-0.25, -0.2) is 4.39 Å². The number of carbonyl (C=O) groups is 2. The van der Waals surface area contributed by atoms with Crippen LogP contribution in [0.3, 0.4) is 0 Å². The molecule has 0 saturated heterocycles. The highest BCUT2D eigenvalue weighted by atomic mass is 19.1. The van der Waals surface area contributed by atoms with Gasteiger partial charge in [-0.15, -0.1) is 0 Å². The lowest BCUT2D eigenvalue weighted by Gasteiger charge is -2.31. The molecule has 1 saturated carbocycles. The van der Waals surface area contributed by atoms with Crippen molar-refractivity contribution >= 4 is 17.5 Å². The zero-order chi connectivity index (χ0) is 20.9. The maximum absolute atomic E-state index is 14.1. The van der Waals surface area contributed by atoms with Gasteiger partial charge in [0.05, 0.1) is 6.26 Å². The fraction of sp³-hybridized carbons (Fsp3) is 0.261. The summed E-state index contributed by atoms with van der Waals surface area (Å²) in [5.74, 6) is -1.30. The third kappa shape index (κ3) is 4.25. The van der Waals surface area contributed by atoms with Gasteiger partial charge in [0.1, 0.15) is 11.9 Å². The second-order valence-corrected chi connectivity index (χ2v) is 7.31. The first-order valence-electron chi connectivity index (χ1n) is 9.96. The van der Waals surface area contributed by atoms with Crippen LogP contribution in [-0.4, -0.2) is 22.8 Å². The maximum atomic E-state index is 14.1. The Balaban J connectivity index is 1.79. The summed E-state index contributed by atoms with van der Waals surface area (Å²) in [5.41, 5.74) is 0.837. The molecule has 1 aromatic carbocycles. The number of halogens is 1. The number of hydrogen-bond acceptors (Lipinski definition) is 4. The maximum Gasteiger partial charge on any atom is 0.294 e. The van der Waals surface area contributed by atoms with Gasteiger partial charge in [-0.05, 0) is 60.9 Å². The molecule has 6 nitrogen and oxygen atoms in total. The van der Waals surface area contributed by atoms with Crippen LogP contribution in [-0.2, 0) is 4.79 Å². The first-order chi connectivity index (χ1) is 14.6. The molecule has 30 heavy (non-hydrogen) atoms. The Kier molecular flexibility index (Phi) is 5.88. The largest absolute Gasteiger partial charge is 0.459 e. The van der Waals surface area contributed by atoms with Crippen molar-refractivity contribution in [3.63, 3.8) is 0 Å². The molecule has 2 amide bonds. The van der Waals surface area contributed by atoms with Crippen LogP contribution in [0.4, 0.5) is 10.1 Å². The monoisotopic (exact) mass is 407 g/mol. The fourth-order valence-corrected chi connectivity index (χ4v) is 3.84. The van der Waals surface area contributed by atoms with Gasteiger partial charge in [0, 0.05) is 24.1 Å². The minimum Gasteiger partial charge on any atom is -0.459 e. The molecule has 2 aromatic heterocycles. The van der Waals surface area contributed by atoms with E-state index in [0.717, 1.165) is 25.7 Å². The van der Waals surface area contributed by atoms with Crippen LogP contribution in [0.25, 0.3) is 0 Å². The number of anilines is 1. The molecule has 0 unspecified atom stereocenters. The summed E-state index contributed by atoms with van der Waals surface area (Å²) in [5, 5.41) is 3.06. The van der Waals surface area contributed by atoms with Gasteiger partial charge in [0.2, 0.25) is 5.91 Å². The zero-order valence-corrected chi connectivity index (χ0v) is 16.3. The average molecular weight is 407 g/mol. The summed E-state index contributed by atoms with van der Waals surface area (Å²) in [6.07, 6.45) is 8.44. The summed E-state index contributed by atoms with van der Waals surface area (Å²) >= 11 is 0. The molecule has 0 aliphatic heterocycles. The normalized spacial score (nSPS) is 15.0. The number of nitrogens with one attached hydrogen (secondary N) is 1. The quantitative estimate of drug-likeness (QED) is 0.662. The standard InChI is InChI=1S/C23H22FN3O3/c24-17-5-3-8-19(15-17)27(23(29)20-9-4-14-30-20)21(16-10-12-25-13-11-16)22(28)26-18-6-1-2-7-18/h3-5,8-15,18,21H,1-2,6-7H2,(H,26,28)/t21-/m1/s1. The van der Waals surface area contributed by atoms with Crippen molar-refractivity contribution in [1.82, 2.24) is 10.3 Å². The van der Waals surface area contributed by atoms with Crippen LogP contribution < -0.4 is 10.2 Å². The molecule has 1 atom stereocenters. The van der Waals surface area contributed by atoms with Crippen LogP contribution in [0.15, 0.2) is 71.6 Å². The Morgan fingerprint density at radius 2 is 1.87 bits per heavy atom. The van der Waals surface area contributed by atoms with Crippen LogP contribution in [0.2, 0.25) is 0 Å². The highest BCUT2D eigenvalue weighted by molar-refractivity contribution is 6.08. The lowest BCUT2D eigenvalue weighted by Crippen LogP contribution is -2.46. The van der Waals surface area contributed by atoms with Gasteiger partial charge in [-0.2, -0.15) is 0 Å².